The van der Waals surface area contributed by atoms with E-state index in [0.29, 0.717) is 0 Å². The number of hydrogen-bond acceptors (Lipinski definition) is 2. The fourth-order valence-corrected chi connectivity index (χ4v) is 2.43. The molecule has 2 aromatic carbocycles. The molecule has 0 saturated carbocycles. The first-order chi connectivity index (χ1) is 8.92. The predicted molar refractivity (Wildman–Crippen MR) is 74.6 cm³/mol. The standard InChI is InChI=1S/C16H10N2/c1-2-13-10-12-4-3-11-7-9-18-16(11)14(12)5-6-15(13)17-8-1/h1-10H. The second-order valence-electron chi connectivity index (χ2n) is 4.41. The third-order valence-electron chi connectivity index (χ3n) is 3.33. The number of fused-ring (bicyclic) bond motifs is 4. The van der Waals surface area contributed by atoms with E-state index in [9.17, 15) is 0 Å². The van der Waals surface area contributed by atoms with Crippen molar-refractivity contribution in [2.75, 3.05) is 0 Å². The highest BCUT2D eigenvalue weighted by Gasteiger charge is 2.02. The summed E-state index contributed by atoms with van der Waals surface area (Å²) in [6.45, 7) is 0. The summed E-state index contributed by atoms with van der Waals surface area (Å²) < 4.78 is 0. The maximum absolute atomic E-state index is 4.44. The molecule has 4 aromatic rings. The molecule has 0 amide bonds. The molecule has 0 aliphatic heterocycles. The molecule has 0 aliphatic rings. The van der Waals surface area contributed by atoms with Crippen LogP contribution in [0.1, 0.15) is 0 Å². The molecular weight excluding hydrogens is 220 g/mol. The zero-order valence-corrected chi connectivity index (χ0v) is 9.67. The van der Waals surface area contributed by atoms with Crippen LogP contribution in [-0.4, -0.2) is 9.97 Å². The van der Waals surface area contributed by atoms with Crippen molar-refractivity contribution in [2.24, 2.45) is 0 Å². The number of aromatic nitrogens is 2. The Bertz CT molecular complexity index is 881. The summed E-state index contributed by atoms with van der Waals surface area (Å²) in [6, 6.07) is 16.7. The Hall–Kier alpha value is -2.48. The summed E-state index contributed by atoms with van der Waals surface area (Å²) >= 11 is 0. The molecule has 84 valence electrons. The van der Waals surface area contributed by atoms with E-state index in [1.165, 1.54) is 16.2 Å². The van der Waals surface area contributed by atoms with E-state index in [-0.39, 0.29) is 0 Å². The Balaban J connectivity index is 2.29. The molecule has 0 saturated heterocycles. The smallest absolute Gasteiger partial charge is 0.0780 e. The van der Waals surface area contributed by atoms with Crippen molar-refractivity contribution in [3.8, 4) is 0 Å². The van der Waals surface area contributed by atoms with Gasteiger partial charge in [-0.3, -0.25) is 9.97 Å². The van der Waals surface area contributed by atoms with Crippen molar-refractivity contribution in [1.29, 1.82) is 0 Å². The average Bonchev–Trinajstić information content (AvgIpc) is 2.79. The lowest BCUT2D eigenvalue weighted by Crippen LogP contribution is -1.71. The van der Waals surface area contributed by atoms with Crippen molar-refractivity contribution in [2.45, 2.75) is 0 Å². The molecule has 0 bridgehead atoms. The summed E-state index contributed by atoms with van der Waals surface area (Å²) in [6.07, 6.45) is 3.68. The third-order valence-corrected chi connectivity index (χ3v) is 3.33. The Kier molecular flexibility index (Phi) is 1.86. The SMILES string of the molecule is c1cnc2ccc3c(ccc4ccnc43)cc2c1. The molecule has 0 aliphatic carbocycles. The fraction of sp³-hybridized carbons (Fsp3) is 0. The van der Waals surface area contributed by atoms with Crippen LogP contribution < -0.4 is 0 Å². The predicted octanol–water partition coefficient (Wildman–Crippen LogP) is 3.94. The molecule has 2 heterocycles. The van der Waals surface area contributed by atoms with Gasteiger partial charge < -0.3 is 0 Å². The molecule has 4 rings (SSSR count). The van der Waals surface area contributed by atoms with Crippen molar-refractivity contribution in [3.05, 3.63) is 60.9 Å². The molecule has 18 heavy (non-hydrogen) atoms. The summed E-state index contributed by atoms with van der Waals surface area (Å²) in [7, 11) is 0. The minimum Gasteiger partial charge on any atom is -0.256 e. The largest absolute Gasteiger partial charge is 0.256 e. The summed E-state index contributed by atoms with van der Waals surface area (Å²) in [5.41, 5.74) is 2.07. The number of nitrogens with zero attached hydrogens (tertiary/aromatic N) is 2. The average molecular weight is 230 g/mol. The lowest BCUT2D eigenvalue weighted by Gasteiger charge is -1.94. The second-order valence-corrected chi connectivity index (χ2v) is 4.41. The van der Waals surface area contributed by atoms with Crippen molar-refractivity contribution >= 4 is 32.6 Å². The zero-order valence-electron chi connectivity index (χ0n) is 9.67. The molecule has 0 unspecified atom stereocenters. The first kappa shape index (κ1) is 9.54. The summed E-state index contributed by atoms with van der Waals surface area (Å²) in [5, 5.41) is 4.71. The van der Waals surface area contributed by atoms with E-state index in [1.54, 1.807) is 0 Å². The molecule has 0 atom stereocenters. The lowest BCUT2D eigenvalue weighted by molar-refractivity contribution is 1.42. The molecule has 0 fully saturated rings. The van der Waals surface area contributed by atoms with Crippen LogP contribution in [0.3, 0.4) is 0 Å². The Morgan fingerprint density at radius 3 is 2.61 bits per heavy atom. The van der Waals surface area contributed by atoms with Crippen molar-refractivity contribution < 1.29 is 0 Å². The minimum absolute atomic E-state index is 1.01. The van der Waals surface area contributed by atoms with Crippen LogP contribution in [0.15, 0.2) is 60.9 Å². The first-order valence-corrected chi connectivity index (χ1v) is 5.94. The van der Waals surface area contributed by atoms with E-state index in [0.717, 1.165) is 16.4 Å². The maximum Gasteiger partial charge on any atom is 0.0780 e. The minimum atomic E-state index is 1.01. The van der Waals surface area contributed by atoms with Gasteiger partial charge in [-0.1, -0.05) is 24.3 Å². The van der Waals surface area contributed by atoms with E-state index >= 15 is 0 Å². The molecule has 2 aromatic heterocycles. The van der Waals surface area contributed by atoms with Crippen LogP contribution in [0.2, 0.25) is 0 Å². The van der Waals surface area contributed by atoms with Gasteiger partial charge >= 0.3 is 0 Å². The monoisotopic (exact) mass is 230 g/mol. The van der Waals surface area contributed by atoms with E-state index in [2.05, 4.69) is 46.4 Å². The Morgan fingerprint density at radius 2 is 1.61 bits per heavy atom. The fourth-order valence-electron chi connectivity index (χ4n) is 2.43. The van der Waals surface area contributed by atoms with Crippen LogP contribution in [0.25, 0.3) is 32.6 Å². The topological polar surface area (TPSA) is 25.8 Å². The Morgan fingerprint density at radius 1 is 0.667 bits per heavy atom. The lowest BCUT2D eigenvalue weighted by atomic mass is 10.1. The van der Waals surface area contributed by atoms with Crippen LogP contribution in [0.4, 0.5) is 0 Å². The van der Waals surface area contributed by atoms with Crippen molar-refractivity contribution in [3.63, 3.8) is 0 Å². The second kappa shape index (κ2) is 3.50. The van der Waals surface area contributed by atoms with E-state index in [1.807, 2.05) is 24.5 Å². The Labute approximate surface area is 104 Å². The van der Waals surface area contributed by atoms with E-state index < -0.39 is 0 Å². The molecular formula is C16H10N2. The van der Waals surface area contributed by atoms with Gasteiger partial charge in [-0.15, -0.1) is 0 Å². The molecule has 0 spiro atoms. The highest BCUT2D eigenvalue weighted by atomic mass is 14.7. The third kappa shape index (κ3) is 1.29. The van der Waals surface area contributed by atoms with Gasteiger partial charge in [0.25, 0.3) is 0 Å². The molecule has 2 heteroatoms. The first-order valence-electron chi connectivity index (χ1n) is 5.94. The highest BCUT2D eigenvalue weighted by molar-refractivity contribution is 6.07. The van der Waals surface area contributed by atoms with Gasteiger partial charge in [-0.25, -0.2) is 0 Å². The summed E-state index contributed by atoms with van der Waals surface area (Å²) in [4.78, 5) is 8.84. The molecule has 2 nitrogen and oxygen atoms in total. The number of pyridine rings is 1. The number of benzene rings is 1. The van der Waals surface area contributed by atoms with Gasteiger partial charge in [0.05, 0.1) is 11.0 Å². The van der Waals surface area contributed by atoms with Gasteiger partial charge in [0, 0.05) is 28.6 Å². The zero-order chi connectivity index (χ0) is 11.9. The molecule has 0 radical (unpaired) electrons. The number of rotatable bonds is 0. The quantitative estimate of drug-likeness (QED) is 0.457. The number of hydrogen-bond donors (Lipinski definition) is 0. The highest BCUT2D eigenvalue weighted by Crippen LogP contribution is 2.25. The van der Waals surface area contributed by atoms with Gasteiger partial charge in [-0.2, -0.15) is 0 Å². The van der Waals surface area contributed by atoms with Crippen LogP contribution in [-0.2, 0) is 0 Å². The molecule has 0 N–H and O–H groups in total. The normalized spacial score (nSPS) is 11.3. The van der Waals surface area contributed by atoms with Gasteiger partial charge in [-0.05, 0) is 29.7 Å². The van der Waals surface area contributed by atoms with E-state index in [4.69, 9.17) is 0 Å². The van der Waals surface area contributed by atoms with Crippen molar-refractivity contribution in [1.82, 2.24) is 9.97 Å². The summed E-state index contributed by atoms with van der Waals surface area (Å²) in [5.74, 6) is 0. The van der Waals surface area contributed by atoms with Crippen LogP contribution >= 0.6 is 0 Å². The van der Waals surface area contributed by atoms with Gasteiger partial charge in [0.1, 0.15) is 0 Å². The van der Waals surface area contributed by atoms with Crippen LogP contribution in [0.5, 0.6) is 0 Å². The maximum atomic E-state index is 4.44. The van der Waals surface area contributed by atoms with Gasteiger partial charge in [0.2, 0.25) is 0 Å². The van der Waals surface area contributed by atoms with Gasteiger partial charge in [0.15, 0.2) is 0 Å². The van der Waals surface area contributed by atoms with Crippen LogP contribution in [0, 0.1) is 0 Å².